The fraction of sp³-hybridized carbons (Fsp3) is 1.00. The van der Waals surface area contributed by atoms with Gasteiger partial charge in [-0.15, -0.1) is 0 Å². The average molecular weight is 186 g/mol. The molecule has 0 bridgehead atoms. The minimum absolute atomic E-state index is 0.295. The molecule has 1 unspecified atom stereocenters. The normalized spacial score (nSPS) is 26.3. The predicted octanol–water partition coefficient (Wildman–Crippen LogP) is 0.441. The van der Waals surface area contributed by atoms with Crippen LogP contribution in [0.15, 0.2) is 0 Å². The van der Waals surface area contributed by atoms with Crippen molar-refractivity contribution in [3.05, 3.63) is 0 Å². The van der Waals surface area contributed by atoms with Crippen LogP contribution in [0.1, 0.15) is 26.7 Å². The molecular weight excluding hydrogens is 164 g/mol. The Hall–Kier alpha value is -0.120. The maximum absolute atomic E-state index is 8.88. The molecule has 2 N–H and O–H groups in total. The Labute approximate surface area is 81.1 Å². The summed E-state index contributed by atoms with van der Waals surface area (Å²) < 4.78 is 0. The third-order valence-electron chi connectivity index (χ3n) is 2.72. The zero-order chi connectivity index (χ0) is 9.68. The van der Waals surface area contributed by atoms with Crippen LogP contribution in [-0.2, 0) is 0 Å². The zero-order valence-corrected chi connectivity index (χ0v) is 8.79. The molecule has 1 saturated heterocycles. The number of hydrogen-bond donors (Lipinski definition) is 2. The number of rotatable bonds is 3. The van der Waals surface area contributed by atoms with Crippen molar-refractivity contribution in [1.82, 2.24) is 10.2 Å². The smallest absolute Gasteiger partial charge is 0.0446 e. The van der Waals surface area contributed by atoms with Gasteiger partial charge in [0.25, 0.3) is 0 Å². The molecule has 0 aliphatic carbocycles. The van der Waals surface area contributed by atoms with Gasteiger partial charge in [-0.2, -0.15) is 0 Å². The highest BCUT2D eigenvalue weighted by atomic mass is 16.3. The van der Waals surface area contributed by atoms with Crippen LogP contribution in [0.4, 0.5) is 0 Å². The molecule has 0 spiro atoms. The lowest BCUT2D eigenvalue weighted by molar-refractivity contribution is 0.197. The van der Waals surface area contributed by atoms with Crippen molar-refractivity contribution in [2.75, 3.05) is 26.2 Å². The Kier molecular flexibility index (Phi) is 4.70. The first-order valence-corrected chi connectivity index (χ1v) is 5.32. The van der Waals surface area contributed by atoms with Crippen LogP contribution in [-0.4, -0.2) is 48.3 Å². The lowest BCUT2D eigenvalue weighted by atomic mass is 10.2. The summed E-state index contributed by atoms with van der Waals surface area (Å²) >= 11 is 0. The highest BCUT2D eigenvalue weighted by molar-refractivity contribution is 4.77. The van der Waals surface area contributed by atoms with E-state index in [0.29, 0.717) is 18.7 Å². The maximum Gasteiger partial charge on any atom is 0.0446 e. The fourth-order valence-corrected chi connectivity index (χ4v) is 1.85. The van der Waals surface area contributed by atoms with Gasteiger partial charge in [0, 0.05) is 25.2 Å². The second-order valence-corrected chi connectivity index (χ2v) is 4.11. The summed E-state index contributed by atoms with van der Waals surface area (Å²) in [5.41, 5.74) is 0. The third kappa shape index (κ3) is 3.63. The van der Waals surface area contributed by atoms with Gasteiger partial charge in [-0.3, -0.25) is 4.90 Å². The predicted molar refractivity (Wildman–Crippen MR) is 54.8 cm³/mol. The van der Waals surface area contributed by atoms with E-state index in [2.05, 4.69) is 24.1 Å². The van der Waals surface area contributed by atoms with Gasteiger partial charge in [-0.25, -0.2) is 0 Å². The van der Waals surface area contributed by atoms with E-state index in [4.69, 9.17) is 5.11 Å². The van der Waals surface area contributed by atoms with E-state index in [0.717, 1.165) is 19.5 Å². The highest BCUT2D eigenvalue weighted by Crippen LogP contribution is 2.06. The van der Waals surface area contributed by atoms with E-state index in [1.807, 2.05) is 0 Å². The van der Waals surface area contributed by atoms with Crippen molar-refractivity contribution in [3.63, 3.8) is 0 Å². The monoisotopic (exact) mass is 186 g/mol. The van der Waals surface area contributed by atoms with Crippen molar-refractivity contribution >= 4 is 0 Å². The number of nitrogens with one attached hydrogen (secondary N) is 1. The molecule has 3 nitrogen and oxygen atoms in total. The summed E-state index contributed by atoms with van der Waals surface area (Å²) in [6.07, 6.45) is 2.10. The molecule has 1 heterocycles. The topological polar surface area (TPSA) is 35.5 Å². The molecule has 1 atom stereocenters. The van der Waals surface area contributed by atoms with Gasteiger partial charge in [-0.05, 0) is 39.8 Å². The summed E-state index contributed by atoms with van der Waals surface area (Å²) in [4.78, 5) is 2.49. The molecule has 0 aromatic heterocycles. The Morgan fingerprint density at radius 3 is 2.92 bits per heavy atom. The first-order chi connectivity index (χ1) is 6.24. The number of aliphatic hydroxyl groups is 1. The Bertz CT molecular complexity index is 139. The Morgan fingerprint density at radius 2 is 2.31 bits per heavy atom. The van der Waals surface area contributed by atoms with E-state index >= 15 is 0 Å². The Balaban J connectivity index is 2.39. The SMILES string of the molecule is CC(C)N1CCCNC(CCO)C1. The van der Waals surface area contributed by atoms with Crippen molar-refractivity contribution in [1.29, 1.82) is 0 Å². The van der Waals surface area contributed by atoms with E-state index in [9.17, 15) is 0 Å². The number of nitrogens with zero attached hydrogens (tertiary/aromatic N) is 1. The molecule has 0 amide bonds. The van der Waals surface area contributed by atoms with Gasteiger partial charge >= 0.3 is 0 Å². The molecule has 13 heavy (non-hydrogen) atoms. The molecule has 0 aromatic carbocycles. The third-order valence-corrected chi connectivity index (χ3v) is 2.72. The zero-order valence-electron chi connectivity index (χ0n) is 8.79. The van der Waals surface area contributed by atoms with Gasteiger partial charge in [-0.1, -0.05) is 0 Å². The minimum atomic E-state index is 0.295. The quantitative estimate of drug-likeness (QED) is 0.671. The summed E-state index contributed by atoms with van der Waals surface area (Å²) in [5, 5.41) is 12.3. The van der Waals surface area contributed by atoms with Crippen molar-refractivity contribution in [2.24, 2.45) is 0 Å². The van der Waals surface area contributed by atoms with Crippen LogP contribution < -0.4 is 5.32 Å². The summed E-state index contributed by atoms with van der Waals surface area (Å²) in [7, 11) is 0. The van der Waals surface area contributed by atoms with Crippen molar-refractivity contribution in [2.45, 2.75) is 38.8 Å². The molecule has 0 saturated carbocycles. The molecular formula is C10H22N2O. The van der Waals surface area contributed by atoms with Crippen molar-refractivity contribution < 1.29 is 5.11 Å². The maximum atomic E-state index is 8.88. The van der Waals surface area contributed by atoms with Crippen LogP contribution in [0, 0.1) is 0 Å². The van der Waals surface area contributed by atoms with E-state index in [1.54, 1.807) is 0 Å². The van der Waals surface area contributed by atoms with Crippen LogP contribution >= 0.6 is 0 Å². The Morgan fingerprint density at radius 1 is 1.54 bits per heavy atom. The van der Waals surface area contributed by atoms with Gasteiger partial charge in [0.2, 0.25) is 0 Å². The van der Waals surface area contributed by atoms with Crippen LogP contribution in [0.2, 0.25) is 0 Å². The molecule has 1 rings (SSSR count). The van der Waals surface area contributed by atoms with Crippen LogP contribution in [0.3, 0.4) is 0 Å². The first-order valence-electron chi connectivity index (χ1n) is 5.32. The van der Waals surface area contributed by atoms with E-state index in [1.165, 1.54) is 13.0 Å². The van der Waals surface area contributed by atoms with Crippen LogP contribution in [0.5, 0.6) is 0 Å². The number of aliphatic hydroxyl groups excluding tert-OH is 1. The van der Waals surface area contributed by atoms with Crippen molar-refractivity contribution in [3.8, 4) is 0 Å². The molecule has 3 heteroatoms. The molecule has 1 aliphatic rings. The van der Waals surface area contributed by atoms with Gasteiger partial charge in [0.15, 0.2) is 0 Å². The largest absolute Gasteiger partial charge is 0.396 e. The minimum Gasteiger partial charge on any atom is -0.396 e. The lowest BCUT2D eigenvalue weighted by Gasteiger charge is -2.27. The molecule has 0 aromatic rings. The standard InChI is InChI=1S/C10H22N2O/c1-9(2)12-6-3-5-11-10(8-12)4-7-13/h9-11,13H,3-8H2,1-2H3. The van der Waals surface area contributed by atoms with E-state index in [-0.39, 0.29) is 0 Å². The first kappa shape index (κ1) is 11.0. The molecule has 78 valence electrons. The van der Waals surface area contributed by atoms with Gasteiger partial charge in [0.1, 0.15) is 0 Å². The van der Waals surface area contributed by atoms with Gasteiger partial charge in [0.05, 0.1) is 0 Å². The van der Waals surface area contributed by atoms with Crippen LogP contribution in [0.25, 0.3) is 0 Å². The molecule has 0 radical (unpaired) electrons. The van der Waals surface area contributed by atoms with E-state index < -0.39 is 0 Å². The lowest BCUT2D eigenvalue weighted by Crippen LogP contribution is -2.41. The molecule has 1 fully saturated rings. The van der Waals surface area contributed by atoms with Gasteiger partial charge < -0.3 is 10.4 Å². The fourth-order valence-electron chi connectivity index (χ4n) is 1.85. The summed E-state index contributed by atoms with van der Waals surface area (Å²) in [6.45, 7) is 8.13. The second kappa shape index (κ2) is 5.58. The molecule has 1 aliphatic heterocycles. The second-order valence-electron chi connectivity index (χ2n) is 4.11. The summed E-state index contributed by atoms with van der Waals surface area (Å²) in [6, 6.07) is 1.11. The highest BCUT2D eigenvalue weighted by Gasteiger charge is 2.18. The number of hydrogen-bond acceptors (Lipinski definition) is 3. The average Bonchev–Trinajstić information content (AvgIpc) is 2.30. The summed E-state index contributed by atoms with van der Waals surface area (Å²) in [5.74, 6) is 0.